The maximum absolute atomic E-state index is 12.9. The normalized spacial score (nSPS) is 11.5. The van der Waals surface area contributed by atoms with Crippen LogP contribution in [0.4, 0.5) is 0 Å². The molecule has 2 N–H and O–H groups in total. The van der Waals surface area contributed by atoms with Gasteiger partial charge in [-0.15, -0.1) is 0 Å². The van der Waals surface area contributed by atoms with Crippen LogP contribution in [0.5, 0.6) is 17.2 Å². The van der Waals surface area contributed by atoms with Crippen LogP contribution < -0.4 is 14.8 Å². The lowest BCUT2D eigenvalue weighted by molar-refractivity contribution is -0.141. The summed E-state index contributed by atoms with van der Waals surface area (Å²) in [6, 6.07) is 18.3. The smallest absolute Gasteiger partial charge is 0.306 e. The summed E-state index contributed by atoms with van der Waals surface area (Å²) in [5, 5.41) is 12.2. The van der Waals surface area contributed by atoms with Gasteiger partial charge in [0.1, 0.15) is 17.2 Å². The number of halogens is 2. The van der Waals surface area contributed by atoms with E-state index in [-0.39, 0.29) is 5.91 Å². The molecule has 0 saturated carbocycles. The van der Waals surface area contributed by atoms with Crippen molar-refractivity contribution < 1.29 is 24.2 Å². The third-order valence-electron chi connectivity index (χ3n) is 5.28. The van der Waals surface area contributed by atoms with Gasteiger partial charge in [0, 0.05) is 15.5 Å². The van der Waals surface area contributed by atoms with Crippen molar-refractivity contribution in [2.45, 2.75) is 26.3 Å². The third-order valence-corrected chi connectivity index (χ3v) is 6.20. The molecule has 1 atom stereocenters. The number of hydrogen-bond acceptors (Lipinski definition) is 4. The molecule has 0 aromatic heterocycles. The first-order chi connectivity index (χ1) is 16.3. The van der Waals surface area contributed by atoms with Crippen LogP contribution in [0.1, 0.15) is 34.8 Å². The van der Waals surface area contributed by atoms with Crippen molar-refractivity contribution in [1.29, 1.82) is 0 Å². The van der Waals surface area contributed by atoms with Crippen LogP contribution in [0, 0.1) is 5.92 Å². The van der Waals surface area contributed by atoms with Crippen molar-refractivity contribution in [2.75, 3.05) is 7.11 Å². The number of ether oxygens (including phenoxy) is 2. The van der Waals surface area contributed by atoms with Crippen LogP contribution in [0.15, 0.2) is 69.6 Å². The Morgan fingerprint density at radius 1 is 0.941 bits per heavy atom. The standard InChI is InChI=1S/C26H25Br2NO5/c1-3-18(26(31)32)10-17-6-9-24(33-2)23(11-17)25(30)29-15-16-4-7-21(8-5-16)34-22-13-19(27)12-20(28)14-22/h4-9,11-14,18H,3,10,15H2,1-2H3,(H,29,30)(H,31,32)/t18-/m0/s1. The molecule has 0 aliphatic carbocycles. The molecule has 0 bridgehead atoms. The number of methoxy groups -OCH3 is 1. The van der Waals surface area contributed by atoms with E-state index in [9.17, 15) is 14.7 Å². The van der Waals surface area contributed by atoms with E-state index in [1.807, 2.05) is 49.4 Å². The molecule has 0 saturated heterocycles. The van der Waals surface area contributed by atoms with Crippen LogP contribution in [-0.4, -0.2) is 24.1 Å². The second-order valence-electron chi connectivity index (χ2n) is 7.72. The summed E-state index contributed by atoms with van der Waals surface area (Å²) >= 11 is 6.88. The molecule has 0 heterocycles. The Balaban J connectivity index is 1.65. The number of aliphatic carboxylic acids is 1. The maximum Gasteiger partial charge on any atom is 0.306 e. The number of carboxylic acids is 1. The fourth-order valence-electron chi connectivity index (χ4n) is 3.43. The van der Waals surface area contributed by atoms with Gasteiger partial charge in [-0.05, 0) is 66.4 Å². The van der Waals surface area contributed by atoms with Gasteiger partial charge in [-0.25, -0.2) is 0 Å². The fraction of sp³-hybridized carbons (Fsp3) is 0.231. The number of rotatable bonds is 10. The molecular formula is C26H25Br2NO5. The van der Waals surface area contributed by atoms with Gasteiger partial charge in [-0.1, -0.05) is 57.0 Å². The zero-order chi connectivity index (χ0) is 24.7. The molecule has 0 radical (unpaired) electrons. The molecule has 6 nitrogen and oxygen atoms in total. The monoisotopic (exact) mass is 589 g/mol. The topological polar surface area (TPSA) is 84.9 Å². The summed E-state index contributed by atoms with van der Waals surface area (Å²) in [6.07, 6.45) is 0.869. The maximum atomic E-state index is 12.9. The molecule has 34 heavy (non-hydrogen) atoms. The van der Waals surface area contributed by atoms with Crippen LogP contribution >= 0.6 is 31.9 Å². The SMILES string of the molecule is CC[C@@H](Cc1ccc(OC)c(C(=O)NCc2ccc(Oc3cc(Br)cc(Br)c3)cc2)c1)C(=O)O. The molecule has 3 aromatic carbocycles. The highest BCUT2D eigenvalue weighted by Crippen LogP contribution is 2.29. The lowest BCUT2D eigenvalue weighted by atomic mass is 9.95. The molecular weight excluding hydrogens is 566 g/mol. The Kier molecular flexibility index (Phi) is 9.12. The molecule has 0 fully saturated rings. The minimum absolute atomic E-state index is 0.290. The number of hydrogen-bond donors (Lipinski definition) is 2. The summed E-state index contributed by atoms with van der Waals surface area (Å²) in [7, 11) is 1.50. The highest BCUT2D eigenvalue weighted by Gasteiger charge is 2.18. The molecule has 3 rings (SSSR count). The van der Waals surface area contributed by atoms with E-state index in [1.165, 1.54) is 7.11 Å². The predicted octanol–water partition coefficient (Wildman–Crippen LogP) is 6.60. The van der Waals surface area contributed by atoms with Crippen molar-refractivity contribution in [3.05, 3.63) is 86.3 Å². The zero-order valence-electron chi connectivity index (χ0n) is 18.8. The Morgan fingerprint density at radius 2 is 1.59 bits per heavy atom. The van der Waals surface area contributed by atoms with Crippen molar-refractivity contribution >= 4 is 43.7 Å². The largest absolute Gasteiger partial charge is 0.496 e. The Morgan fingerprint density at radius 3 is 2.18 bits per heavy atom. The van der Waals surface area contributed by atoms with Crippen LogP contribution in [-0.2, 0) is 17.8 Å². The van der Waals surface area contributed by atoms with E-state index in [4.69, 9.17) is 9.47 Å². The molecule has 1 amide bonds. The fourth-order valence-corrected chi connectivity index (χ4v) is 4.68. The first-order valence-electron chi connectivity index (χ1n) is 10.7. The average molecular weight is 591 g/mol. The number of carbonyl (C=O) groups is 2. The third kappa shape index (κ3) is 7.08. The summed E-state index contributed by atoms with van der Waals surface area (Å²) in [6.45, 7) is 2.16. The minimum atomic E-state index is -0.843. The van der Waals surface area contributed by atoms with E-state index in [2.05, 4.69) is 37.2 Å². The molecule has 8 heteroatoms. The van der Waals surface area contributed by atoms with Gasteiger partial charge < -0.3 is 19.9 Å². The number of amides is 1. The van der Waals surface area contributed by atoms with Gasteiger partial charge in [0.25, 0.3) is 5.91 Å². The van der Waals surface area contributed by atoms with E-state index in [0.29, 0.717) is 42.2 Å². The van der Waals surface area contributed by atoms with Crippen molar-refractivity contribution in [3.63, 3.8) is 0 Å². The van der Waals surface area contributed by atoms with Gasteiger partial charge in [-0.2, -0.15) is 0 Å². The van der Waals surface area contributed by atoms with E-state index in [0.717, 1.165) is 20.1 Å². The lowest BCUT2D eigenvalue weighted by Crippen LogP contribution is -2.24. The summed E-state index contributed by atoms with van der Waals surface area (Å²) in [4.78, 5) is 24.2. The van der Waals surface area contributed by atoms with Gasteiger partial charge >= 0.3 is 5.97 Å². The summed E-state index contributed by atoms with van der Waals surface area (Å²) in [5.74, 6) is 0.184. The van der Waals surface area contributed by atoms with Crippen molar-refractivity contribution in [3.8, 4) is 17.2 Å². The quantitative estimate of drug-likeness (QED) is 0.278. The molecule has 0 aliphatic heterocycles. The average Bonchev–Trinajstić information content (AvgIpc) is 2.81. The molecule has 0 aliphatic rings. The predicted molar refractivity (Wildman–Crippen MR) is 138 cm³/mol. The number of benzene rings is 3. The molecule has 3 aromatic rings. The molecule has 0 spiro atoms. The van der Waals surface area contributed by atoms with Gasteiger partial charge in [-0.3, -0.25) is 9.59 Å². The Hall–Kier alpha value is -2.84. The van der Waals surface area contributed by atoms with Gasteiger partial charge in [0.05, 0.1) is 18.6 Å². The molecule has 0 unspecified atom stereocenters. The highest BCUT2D eigenvalue weighted by atomic mass is 79.9. The van der Waals surface area contributed by atoms with Crippen LogP contribution in [0.3, 0.4) is 0 Å². The summed E-state index contributed by atoms with van der Waals surface area (Å²) in [5.41, 5.74) is 2.06. The first-order valence-corrected chi connectivity index (χ1v) is 12.3. The van der Waals surface area contributed by atoms with Gasteiger partial charge in [0.15, 0.2) is 0 Å². The first kappa shape index (κ1) is 25.8. The van der Waals surface area contributed by atoms with Crippen molar-refractivity contribution in [1.82, 2.24) is 5.32 Å². The minimum Gasteiger partial charge on any atom is -0.496 e. The molecule has 178 valence electrons. The van der Waals surface area contributed by atoms with E-state index >= 15 is 0 Å². The number of carbonyl (C=O) groups excluding carboxylic acids is 1. The van der Waals surface area contributed by atoms with Crippen molar-refractivity contribution in [2.24, 2.45) is 5.92 Å². The van der Waals surface area contributed by atoms with E-state index in [1.54, 1.807) is 18.2 Å². The zero-order valence-corrected chi connectivity index (χ0v) is 22.0. The Labute approximate surface area is 215 Å². The van der Waals surface area contributed by atoms with Crippen LogP contribution in [0.2, 0.25) is 0 Å². The lowest BCUT2D eigenvalue weighted by Gasteiger charge is -2.14. The highest BCUT2D eigenvalue weighted by molar-refractivity contribution is 9.11. The number of carboxylic acid groups (broad SMARTS) is 1. The number of nitrogens with one attached hydrogen (secondary N) is 1. The second kappa shape index (κ2) is 12.0. The summed E-state index contributed by atoms with van der Waals surface area (Å²) < 4.78 is 13.0. The van der Waals surface area contributed by atoms with Gasteiger partial charge in [0.2, 0.25) is 0 Å². The van der Waals surface area contributed by atoms with E-state index < -0.39 is 11.9 Å². The Bertz CT molecular complexity index is 1140. The second-order valence-corrected chi connectivity index (χ2v) is 9.55. The van der Waals surface area contributed by atoms with Crippen LogP contribution in [0.25, 0.3) is 0 Å².